The molecule has 1 aliphatic heterocycles. The Morgan fingerprint density at radius 3 is 2.46 bits per heavy atom. The van der Waals surface area contributed by atoms with Gasteiger partial charge in [-0.05, 0) is 37.7 Å². The number of piperidine rings is 1. The minimum atomic E-state index is -1.01. The predicted molar refractivity (Wildman–Crippen MR) is 96.4 cm³/mol. The number of hydrogen-bond acceptors (Lipinski definition) is 3. The first-order valence-corrected chi connectivity index (χ1v) is 9.38. The first-order chi connectivity index (χ1) is 12.5. The second-order valence-electron chi connectivity index (χ2n) is 7.29. The molecule has 140 valence electrons. The zero-order valence-corrected chi connectivity index (χ0v) is 15.0. The average molecular weight is 358 g/mol. The number of amides is 2. The third-order valence-corrected chi connectivity index (χ3v) is 5.16. The van der Waals surface area contributed by atoms with Crippen molar-refractivity contribution in [2.45, 2.75) is 32.1 Å². The largest absolute Gasteiger partial charge is 0.480 e. The van der Waals surface area contributed by atoms with E-state index in [1.165, 1.54) is 4.90 Å². The highest BCUT2D eigenvalue weighted by Gasteiger charge is 2.37. The van der Waals surface area contributed by atoms with Crippen LogP contribution >= 0.6 is 0 Å². The third-order valence-electron chi connectivity index (χ3n) is 5.16. The summed E-state index contributed by atoms with van der Waals surface area (Å²) in [6, 6.07) is 9.74. The first-order valence-electron chi connectivity index (χ1n) is 9.38. The number of carboxylic acid groups (broad SMARTS) is 1. The van der Waals surface area contributed by atoms with Crippen molar-refractivity contribution in [3.63, 3.8) is 0 Å². The van der Waals surface area contributed by atoms with Crippen LogP contribution in [-0.4, -0.2) is 58.9 Å². The van der Waals surface area contributed by atoms with E-state index >= 15 is 0 Å². The molecule has 1 atom stereocenters. The number of hydrogen-bond donors (Lipinski definition) is 1. The van der Waals surface area contributed by atoms with Gasteiger partial charge in [0.25, 0.3) is 0 Å². The summed E-state index contributed by atoms with van der Waals surface area (Å²) in [6.07, 6.45) is 4.05. The van der Waals surface area contributed by atoms with Gasteiger partial charge in [-0.25, -0.2) is 0 Å². The quantitative estimate of drug-likeness (QED) is 0.806. The van der Waals surface area contributed by atoms with E-state index in [0.717, 1.165) is 31.2 Å². The summed E-state index contributed by atoms with van der Waals surface area (Å²) in [5.41, 5.74) is 1.07. The van der Waals surface area contributed by atoms with Crippen LogP contribution in [-0.2, 0) is 20.8 Å². The molecule has 1 aliphatic carbocycles. The van der Waals surface area contributed by atoms with E-state index in [-0.39, 0.29) is 30.2 Å². The van der Waals surface area contributed by atoms with Gasteiger partial charge in [-0.15, -0.1) is 0 Å². The Kier molecular flexibility index (Phi) is 5.91. The molecule has 1 unspecified atom stereocenters. The smallest absolute Gasteiger partial charge is 0.323 e. The van der Waals surface area contributed by atoms with Gasteiger partial charge >= 0.3 is 5.97 Å². The molecule has 1 saturated heterocycles. The molecule has 0 bridgehead atoms. The Balaban J connectivity index is 1.61. The van der Waals surface area contributed by atoms with Crippen LogP contribution in [0, 0.1) is 11.8 Å². The Labute approximate surface area is 153 Å². The van der Waals surface area contributed by atoms with Crippen LogP contribution in [0.3, 0.4) is 0 Å². The predicted octanol–water partition coefficient (Wildman–Crippen LogP) is 1.79. The second-order valence-corrected chi connectivity index (χ2v) is 7.29. The van der Waals surface area contributed by atoms with E-state index in [0.29, 0.717) is 26.1 Å². The molecule has 0 aromatic heterocycles. The highest BCUT2D eigenvalue weighted by atomic mass is 16.4. The van der Waals surface area contributed by atoms with Crippen molar-refractivity contribution in [2.24, 2.45) is 11.8 Å². The average Bonchev–Trinajstić information content (AvgIpc) is 3.50. The van der Waals surface area contributed by atoms with Crippen molar-refractivity contribution in [3.8, 4) is 0 Å². The Bertz CT molecular complexity index is 657. The SMILES string of the molecule is O=C(O)CN(CCc1ccccc1)C(=O)C1CCCN(C(=O)C2CC2)C1. The zero-order valence-electron chi connectivity index (χ0n) is 15.0. The summed E-state index contributed by atoms with van der Waals surface area (Å²) in [6.45, 7) is 1.22. The fourth-order valence-electron chi connectivity index (χ4n) is 3.56. The van der Waals surface area contributed by atoms with Gasteiger partial charge in [0, 0.05) is 25.6 Å². The normalized spacial score (nSPS) is 19.8. The molecule has 2 aliphatic rings. The molecular weight excluding hydrogens is 332 g/mol. The van der Waals surface area contributed by atoms with Gasteiger partial charge in [-0.2, -0.15) is 0 Å². The van der Waals surface area contributed by atoms with Crippen molar-refractivity contribution >= 4 is 17.8 Å². The summed E-state index contributed by atoms with van der Waals surface area (Å²) in [5, 5.41) is 9.19. The Morgan fingerprint density at radius 2 is 1.81 bits per heavy atom. The highest BCUT2D eigenvalue weighted by Crippen LogP contribution is 2.32. The molecule has 6 nitrogen and oxygen atoms in total. The molecule has 0 radical (unpaired) electrons. The molecule has 3 rings (SSSR count). The lowest BCUT2D eigenvalue weighted by molar-refractivity contribution is -0.148. The minimum Gasteiger partial charge on any atom is -0.480 e. The maximum absolute atomic E-state index is 12.9. The molecule has 26 heavy (non-hydrogen) atoms. The molecule has 1 aromatic rings. The highest BCUT2D eigenvalue weighted by molar-refractivity contribution is 5.85. The number of carbonyl (C=O) groups is 3. The molecular formula is C20H26N2O4. The van der Waals surface area contributed by atoms with Crippen LogP contribution in [0.25, 0.3) is 0 Å². The lowest BCUT2D eigenvalue weighted by Crippen LogP contribution is -2.48. The number of rotatable bonds is 7. The summed E-state index contributed by atoms with van der Waals surface area (Å²) in [7, 11) is 0. The van der Waals surface area contributed by atoms with Crippen LogP contribution in [0.2, 0.25) is 0 Å². The van der Waals surface area contributed by atoms with Crippen molar-refractivity contribution in [2.75, 3.05) is 26.2 Å². The van der Waals surface area contributed by atoms with E-state index in [2.05, 4.69) is 0 Å². The number of carbonyl (C=O) groups excluding carboxylic acids is 2. The fourth-order valence-corrected chi connectivity index (χ4v) is 3.56. The number of aliphatic carboxylic acids is 1. The molecule has 6 heteroatoms. The van der Waals surface area contributed by atoms with Crippen LogP contribution in [0.4, 0.5) is 0 Å². The van der Waals surface area contributed by atoms with Crippen molar-refractivity contribution in [1.29, 1.82) is 0 Å². The van der Waals surface area contributed by atoms with Gasteiger partial charge in [0.05, 0.1) is 5.92 Å². The first kappa shape index (κ1) is 18.4. The summed E-state index contributed by atoms with van der Waals surface area (Å²) < 4.78 is 0. The van der Waals surface area contributed by atoms with E-state index < -0.39 is 5.97 Å². The number of likely N-dealkylation sites (tertiary alicyclic amines) is 1. The van der Waals surface area contributed by atoms with Crippen LogP contribution in [0.5, 0.6) is 0 Å². The molecule has 1 aromatic carbocycles. The van der Waals surface area contributed by atoms with E-state index in [4.69, 9.17) is 0 Å². The van der Waals surface area contributed by atoms with Gasteiger partial charge < -0.3 is 14.9 Å². The van der Waals surface area contributed by atoms with Gasteiger partial charge in [0.1, 0.15) is 6.54 Å². The maximum atomic E-state index is 12.9. The Morgan fingerprint density at radius 1 is 1.08 bits per heavy atom. The molecule has 1 N–H and O–H groups in total. The summed E-state index contributed by atoms with van der Waals surface area (Å²) >= 11 is 0. The standard InChI is InChI=1S/C20H26N2O4/c23-18(24)14-22(12-10-15-5-2-1-3-6-15)20(26)17-7-4-11-21(13-17)19(25)16-8-9-16/h1-3,5-6,16-17H,4,7-14H2,(H,23,24). The van der Waals surface area contributed by atoms with E-state index in [1.54, 1.807) is 4.90 Å². The molecule has 1 heterocycles. The molecule has 2 amide bonds. The Hall–Kier alpha value is -2.37. The zero-order chi connectivity index (χ0) is 18.5. The summed E-state index contributed by atoms with van der Waals surface area (Å²) in [4.78, 5) is 39.7. The van der Waals surface area contributed by atoms with Crippen molar-refractivity contribution in [3.05, 3.63) is 35.9 Å². The lowest BCUT2D eigenvalue weighted by atomic mass is 9.95. The van der Waals surface area contributed by atoms with Crippen molar-refractivity contribution < 1.29 is 19.5 Å². The topological polar surface area (TPSA) is 77.9 Å². The minimum absolute atomic E-state index is 0.142. The number of benzene rings is 1. The monoisotopic (exact) mass is 358 g/mol. The summed E-state index contributed by atoms with van der Waals surface area (Å²) in [5.74, 6) is -1.13. The maximum Gasteiger partial charge on any atom is 0.323 e. The van der Waals surface area contributed by atoms with E-state index in [1.807, 2.05) is 30.3 Å². The van der Waals surface area contributed by atoms with Gasteiger partial charge in [0.2, 0.25) is 11.8 Å². The second kappa shape index (κ2) is 8.34. The molecule has 0 spiro atoms. The van der Waals surface area contributed by atoms with Gasteiger partial charge in [-0.1, -0.05) is 30.3 Å². The third kappa shape index (κ3) is 4.84. The number of carboxylic acids is 1. The van der Waals surface area contributed by atoms with E-state index in [9.17, 15) is 19.5 Å². The van der Waals surface area contributed by atoms with Gasteiger partial charge in [-0.3, -0.25) is 14.4 Å². The molecule has 2 fully saturated rings. The van der Waals surface area contributed by atoms with Gasteiger partial charge in [0.15, 0.2) is 0 Å². The lowest BCUT2D eigenvalue weighted by Gasteiger charge is -2.34. The van der Waals surface area contributed by atoms with Crippen LogP contribution < -0.4 is 0 Å². The fraction of sp³-hybridized carbons (Fsp3) is 0.550. The van der Waals surface area contributed by atoms with Crippen LogP contribution in [0.15, 0.2) is 30.3 Å². The van der Waals surface area contributed by atoms with Crippen LogP contribution in [0.1, 0.15) is 31.2 Å². The van der Waals surface area contributed by atoms with Crippen molar-refractivity contribution in [1.82, 2.24) is 9.80 Å². The molecule has 1 saturated carbocycles. The number of nitrogens with zero attached hydrogens (tertiary/aromatic N) is 2.